The molecule has 0 unspecified atom stereocenters. The van der Waals surface area contributed by atoms with Crippen LogP contribution in [0.5, 0.6) is 0 Å². The molecule has 0 saturated heterocycles. The van der Waals surface area contributed by atoms with Gasteiger partial charge in [-0.1, -0.05) is 30.3 Å². The summed E-state index contributed by atoms with van der Waals surface area (Å²) in [7, 11) is 0. The third-order valence-corrected chi connectivity index (χ3v) is 4.55. The zero-order valence-electron chi connectivity index (χ0n) is 10.8. The Balaban J connectivity index is 1.68. The van der Waals surface area contributed by atoms with Crippen LogP contribution in [0.3, 0.4) is 0 Å². The topological polar surface area (TPSA) is 70.4 Å². The SMILES string of the molecule is O=C(O)C1CC(O)(Cc2nc(-c3ccccc3)cs2)C1. The molecular formula is C15H15NO3S. The summed E-state index contributed by atoms with van der Waals surface area (Å²) >= 11 is 1.51. The summed E-state index contributed by atoms with van der Waals surface area (Å²) in [6.07, 6.45) is 1.08. The molecule has 104 valence electrons. The second-order valence-corrected chi connectivity index (χ2v) is 6.28. The first kappa shape index (κ1) is 13.3. The Kier molecular flexibility index (Phi) is 3.31. The van der Waals surface area contributed by atoms with Crippen molar-refractivity contribution in [1.82, 2.24) is 4.98 Å². The molecule has 20 heavy (non-hydrogen) atoms. The van der Waals surface area contributed by atoms with Crippen molar-refractivity contribution >= 4 is 17.3 Å². The van der Waals surface area contributed by atoms with Crippen LogP contribution in [-0.4, -0.2) is 26.8 Å². The first-order valence-corrected chi connectivity index (χ1v) is 7.39. The van der Waals surface area contributed by atoms with Crippen molar-refractivity contribution in [2.75, 3.05) is 0 Å². The van der Waals surface area contributed by atoms with Gasteiger partial charge in [0, 0.05) is 17.4 Å². The van der Waals surface area contributed by atoms with Gasteiger partial charge in [0.05, 0.1) is 22.2 Å². The zero-order valence-corrected chi connectivity index (χ0v) is 11.6. The number of benzene rings is 1. The summed E-state index contributed by atoms with van der Waals surface area (Å²) in [5, 5.41) is 22.0. The second kappa shape index (κ2) is 5.00. The van der Waals surface area contributed by atoms with Gasteiger partial charge in [-0.05, 0) is 12.8 Å². The van der Waals surface area contributed by atoms with Crippen LogP contribution in [0.15, 0.2) is 35.7 Å². The molecule has 0 aliphatic heterocycles. The molecule has 1 aromatic carbocycles. The Labute approximate surface area is 120 Å². The van der Waals surface area contributed by atoms with Gasteiger partial charge in [-0.15, -0.1) is 11.3 Å². The zero-order chi connectivity index (χ0) is 14.2. The highest BCUT2D eigenvalue weighted by atomic mass is 32.1. The monoisotopic (exact) mass is 289 g/mol. The van der Waals surface area contributed by atoms with Gasteiger partial charge < -0.3 is 10.2 Å². The van der Waals surface area contributed by atoms with Gasteiger partial charge in [-0.25, -0.2) is 4.98 Å². The minimum absolute atomic E-state index is 0.322. The Morgan fingerprint density at radius 2 is 2.05 bits per heavy atom. The summed E-state index contributed by atoms with van der Waals surface area (Å²) in [5.41, 5.74) is 1.07. The van der Waals surface area contributed by atoms with Crippen LogP contribution < -0.4 is 0 Å². The average Bonchev–Trinajstić information content (AvgIpc) is 2.85. The molecule has 2 N–H and O–H groups in total. The number of hydrogen-bond acceptors (Lipinski definition) is 4. The van der Waals surface area contributed by atoms with E-state index in [9.17, 15) is 9.90 Å². The highest BCUT2D eigenvalue weighted by molar-refractivity contribution is 7.09. The molecule has 0 bridgehead atoms. The molecule has 4 nitrogen and oxygen atoms in total. The maximum atomic E-state index is 10.8. The van der Waals surface area contributed by atoms with Crippen molar-refractivity contribution < 1.29 is 15.0 Å². The van der Waals surface area contributed by atoms with Crippen LogP contribution in [0.2, 0.25) is 0 Å². The molecular weight excluding hydrogens is 274 g/mol. The summed E-state index contributed by atoms with van der Waals surface area (Å²) in [5.74, 6) is -1.23. The summed E-state index contributed by atoms with van der Waals surface area (Å²) in [6, 6.07) is 9.88. The van der Waals surface area contributed by atoms with Gasteiger partial charge >= 0.3 is 5.97 Å². The first-order valence-electron chi connectivity index (χ1n) is 6.51. The maximum Gasteiger partial charge on any atom is 0.306 e. The van der Waals surface area contributed by atoms with Crippen LogP contribution >= 0.6 is 11.3 Å². The molecule has 0 atom stereocenters. The number of carboxylic acids is 1. The van der Waals surface area contributed by atoms with Crippen molar-refractivity contribution in [3.63, 3.8) is 0 Å². The molecule has 1 fully saturated rings. The number of aliphatic carboxylic acids is 1. The molecule has 0 amide bonds. The largest absolute Gasteiger partial charge is 0.481 e. The van der Waals surface area contributed by atoms with Crippen molar-refractivity contribution in [3.05, 3.63) is 40.7 Å². The molecule has 1 heterocycles. The number of nitrogens with zero attached hydrogens (tertiary/aromatic N) is 1. The predicted molar refractivity (Wildman–Crippen MR) is 76.6 cm³/mol. The first-order chi connectivity index (χ1) is 9.56. The third kappa shape index (κ3) is 2.59. The van der Waals surface area contributed by atoms with Crippen molar-refractivity contribution in [2.24, 2.45) is 5.92 Å². The lowest BCUT2D eigenvalue weighted by atomic mass is 9.69. The van der Waals surface area contributed by atoms with Crippen LogP contribution in [0.1, 0.15) is 17.8 Å². The van der Waals surface area contributed by atoms with Gasteiger partial charge in [-0.2, -0.15) is 0 Å². The maximum absolute atomic E-state index is 10.8. The predicted octanol–water partition coefficient (Wildman–Crippen LogP) is 2.58. The fourth-order valence-corrected chi connectivity index (χ4v) is 3.53. The quantitative estimate of drug-likeness (QED) is 0.907. The lowest BCUT2D eigenvalue weighted by molar-refractivity contribution is -0.158. The van der Waals surface area contributed by atoms with E-state index in [1.165, 1.54) is 11.3 Å². The van der Waals surface area contributed by atoms with Gasteiger partial charge in [0.15, 0.2) is 0 Å². The number of carboxylic acid groups (broad SMARTS) is 1. The Bertz CT molecular complexity index is 617. The number of thiazole rings is 1. The number of aliphatic hydroxyl groups is 1. The van der Waals surface area contributed by atoms with Crippen molar-refractivity contribution in [3.8, 4) is 11.3 Å². The van der Waals surface area contributed by atoms with E-state index < -0.39 is 17.5 Å². The van der Waals surface area contributed by atoms with Gasteiger partial charge in [-0.3, -0.25) is 4.79 Å². The van der Waals surface area contributed by atoms with E-state index in [1.54, 1.807) is 0 Å². The molecule has 0 spiro atoms. The standard InChI is InChI=1S/C15H15NO3S/c17-14(18)11-6-15(19,7-11)8-13-16-12(9-20-13)10-4-2-1-3-5-10/h1-5,9,11,19H,6-8H2,(H,17,18). The van der Waals surface area contributed by atoms with Crippen LogP contribution in [0.25, 0.3) is 11.3 Å². The number of carbonyl (C=O) groups is 1. The van der Waals surface area contributed by atoms with Crippen LogP contribution in [-0.2, 0) is 11.2 Å². The fourth-order valence-electron chi connectivity index (χ4n) is 2.59. The molecule has 1 aliphatic rings. The molecule has 1 aromatic heterocycles. The van der Waals surface area contributed by atoms with Crippen LogP contribution in [0.4, 0.5) is 0 Å². The lowest BCUT2D eigenvalue weighted by Crippen LogP contribution is -2.48. The molecule has 3 rings (SSSR count). The molecule has 5 heteroatoms. The minimum atomic E-state index is -0.894. The van der Waals surface area contributed by atoms with E-state index in [2.05, 4.69) is 4.98 Å². The minimum Gasteiger partial charge on any atom is -0.481 e. The van der Waals surface area contributed by atoms with E-state index in [0.717, 1.165) is 16.3 Å². The smallest absolute Gasteiger partial charge is 0.306 e. The normalized spacial score (nSPS) is 25.1. The van der Waals surface area contributed by atoms with Crippen LogP contribution in [0, 0.1) is 5.92 Å². The molecule has 2 aromatic rings. The molecule has 1 aliphatic carbocycles. The third-order valence-electron chi connectivity index (χ3n) is 3.70. The van der Waals surface area contributed by atoms with Gasteiger partial charge in [0.1, 0.15) is 0 Å². The number of aromatic nitrogens is 1. The van der Waals surface area contributed by atoms with E-state index in [-0.39, 0.29) is 0 Å². The Morgan fingerprint density at radius 3 is 2.70 bits per heavy atom. The fraction of sp³-hybridized carbons (Fsp3) is 0.333. The summed E-state index contributed by atoms with van der Waals surface area (Å²) in [4.78, 5) is 15.3. The highest BCUT2D eigenvalue weighted by Gasteiger charge is 2.46. The summed E-state index contributed by atoms with van der Waals surface area (Å²) < 4.78 is 0. The van der Waals surface area contributed by atoms with Gasteiger partial charge in [0.2, 0.25) is 0 Å². The van der Waals surface area contributed by atoms with Gasteiger partial charge in [0.25, 0.3) is 0 Å². The second-order valence-electron chi connectivity index (χ2n) is 5.34. The van der Waals surface area contributed by atoms with Crippen molar-refractivity contribution in [2.45, 2.75) is 24.9 Å². The van der Waals surface area contributed by atoms with E-state index in [4.69, 9.17) is 5.11 Å². The van der Waals surface area contributed by atoms with E-state index >= 15 is 0 Å². The van der Waals surface area contributed by atoms with Crippen molar-refractivity contribution in [1.29, 1.82) is 0 Å². The van der Waals surface area contributed by atoms with E-state index in [1.807, 2.05) is 35.7 Å². The average molecular weight is 289 g/mol. The Hall–Kier alpha value is -1.72. The number of hydrogen-bond donors (Lipinski definition) is 2. The highest BCUT2D eigenvalue weighted by Crippen LogP contribution is 2.41. The number of rotatable bonds is 4. The molecule has 0 radical (unpaired) electrons. The summed E-state index contributed by atoms with van der Waals surface area (Å²) in [6.45, 7) is 0. The Morgan fingerprint density at radius 1 is 1.35 bits per heavy atom. The van der Waals surface area contributed by atoms with E-state index in [0.29, 0.717) is 19.3 Å². The lowest BCUT2D eigenvalue weighted by Gasteiger charge is -2.40. The molecule has 1 saturated carbocycles.